The summed E-state index contributed by atoms with van der Waals surface area (Å²) in [5.74, 6) is 0. The average Bonchev–Trinajstić information content (AvgIpc) is 2.58. The van der Waals surface area contributed by atoms with Gasteiger partial charge in [0.15, 0.2) is 0 Å². The summed E-state index contributed by atoms with van der Waals surface area (Å²) in [7, 11) is 2.00. The smallest absolute Gasteiger partial charge is 0.0812 e. The van der Waals surface area contributed by atoms with E-state index < -0.39 is 0 Å². The zero-order chi connectivity index (χ0) is 10.8. The van der Waals surface area contributed by atoms with Crippen molar-refractivity contribution in [3.05, 3.63) is 27.5 Å². The molecule has 0 aliphatic carbocycles. The maximum Gasteiger partial charge on any atom is 0.0812 e. The van der Waals surface area contributed by atoms with Crippen LogP contribution in [0, 0.1) is 3.57 Å². The Hall–Kier alpha value is -0.580. The monoisotopic (exact) mass is 314 g/mol. The number of halogens is 1. The largest absolute Gasteiger partial charge is 0.267 e. The van der Waals surface area contributed by atoms with E-state index in [2.05, 4.69) is 46.7 Å². The first-order valence-electron chi connectivity index (χ1n) is 5.32. The highest BCUT2D eigenvalue weighted by atomic mass is 127. The molecule has 2 nitrogen and oxygen atoms in total. The first-order valence-corrected chi connectivity index (χ1v) is 6.40. The number of nitrogens with zero attached hydrogens (tertiary/aromatic N) is 2. The zero-order valence-corrected chi connectivity index (χ0v) is 11.3. The summed E-state index contributed by atoms with van der Waals surface area (Å²) in [4.78, 5) is 0. The molecule has 0 N–H and O–H groups in total. The predicted molar refractivity (Wildman–Crippen MR) is 72.0 cm³/mol. The van der Waals surface area contributed by atoms with Crippen molar-refractivity contribution >= 4 is 33.5 Å². The van der Waals surface area contributed by atoms with Crippen LogP contribution in [0.3, 0.4) is 0 Å². The van der Waals surface area contributed by atoms with E-state index in [4.69, 9.17) is 0 Å². The molecule has 0 spiro atoms. The minimum atomic E-state index is 1.18. The number of aryl methyl sites for hydroxylation is 2. The fourth-order valence-corrected chi connectivity index (χ4v) is 2.91. The van der Waals surface area contributed by atoms with Gasteiger partial charge in [0.05, 0.1) is 11.7 Å². The molecular formula is C12H15IN2. The second-order valence-electron chi connectivity index (χ2n) is 3.89. The maximum absolute atomic E-state index is 4.29. The van der Waals surface area contributed by atoms with Crippen molar-refractivity contribution < 1.29 is 0 Å². The van der Waals surface area contributed by atoms with E-state index in [1.54, 1.807) is 0 Å². The molecule has 0 radical (unpaired) electrons. The van der Waals surface area contributed by atoms with Crippen LogP contribution in [0.1, 0.15) is 25.3 Å². The third-order valence-electron chi connectivity index (χ3n) is 2.67. The van der Waals surface area contributed by atoms with Gasteiger partial charge in [-0.15, -0.1) is 0 Å². The van der Waals surface area contributed by atoms with Crippen molar-refractivity contribution in [2.45, 2.75) is 26.2 Å². The lowest BCUT2D eigenvalue weighted by atomic mass is 10.1. The highest BCUT2D eigenvalue weighted by molar-refractivity contribution is 14.1. The molecule has 80 valence electrons. The molecule has 1 aromatic carbocycles. The van der Waals surface area contributed by atoms with Gasteiger partial charge in [0.2, 0.25) is 0 Å². The van der Waals surface area contributed by atoms with Crippen LogP contribution in [0.2, 0.25) is 0 Å². The molecule has 0 fully saturated rings. The van der Waals surface area contributed by atoms with E-state index in [1.807, 2.05) is 17.9 Å². The zero-order valence-electron chi connectivity index (χ0n) is 9.13. The fourth-order valence-electron chi connectivity index (χ4n) is 1.85. The SMILES string of the molecule is CCCCc1cc(I)c2c(cnn2C)c1. The molecule has 0 aliphatic rings. The van der Waals surface area contributed by atoms with Crippen LogP contribution in [-0.4, -0.2) is 9.78 Å². The Kier molecular flexibility index (Phi) is 3.29. The maximum atomic E-state index is 4.29. The van der Waals surface area contributed by atoms with E-state index in [0.717, 1.165) is 0 Å². The topological polar surface area (TPSA) is 17.8 Å². The molecule has 0 saturated carbocycles. The quantitative estimate of drug-likeness (QED) is 0.793. The van der Waals surface area contributed by atoms with Crippen molar-refractivity contribution in [2.75, 3.05) is 0 Å². The van der Waals surface area contributed by atoms with E-state index in [1.165, 1.54) is 39.3 Å². The van der Waals surface area contributed by atoms with Crippen molar-refractivity contribution in [3.63, 3.8) is 0 Å². The second-order valence-corrected chi connectivity index (χ2v) is 5.05. The summed E-state index contributed by atoms with van der Waals surface area (Å²) in [5.41, 5.74) is 2.68. The van der Waals surface area contributed by atoms with Crippen molar-refractivity contribution in [3.8, 4) is 0 Å². The third-order valence-corrected chi connectivity index (χ3v) is 3.49. The van der Waals surface area contributed by atoms with E-state index in [9.17, 15) is 0 Å². The highest BCUT2D eigenvalue weighted by Gasteiger charge is 2.05. The van der Waals surface area contributed by atoms with Gasteiger partial charge in [-0.1, -0.05) is 13.3 Å². The van der Waals surface area contributed by atoms with Crippen LogP contribution in [0.15, 0.2) is 18.3 Å². The van der Waals surface area contributed by atoms with Crippen molar-refractivity contribution in [1.82, 2.24) is 9.78 Å². The van der Waals surface area contributed by atoms with Gasteiger partial charge in [0, 0.05) is 16.0 Å². The Morgan fingerprint density at radius 3 is 2.93 bits per heavy atom. The van der Waals surface area contributed by atoms with Gasteiger partial charge in [-0.3, -0.25) is 4.68 Å². The van der Waals surface area contributed by atoms with E-state index in [0.29, 0.717) is 0 Å². The molecule has 0 aliphatic heterocycles. The normalized spacial score (nSPS) is 11.1. The van der Waals surface area contributed by atoms with Crippen LogP contribution in [-0.2, 0) is 13.5 Å². The molecule has 1 aromatic heterocycles. The van der Waals surface area contributed by atoms with Gasteiger partial charge < -0.3 is 0 Å². The molecule has 1 heterocycles. The molecule has 0 saturated heterocycles. The Labute approximate surface area is 104 Å². The van der Waals surface area contributed by atoms with Crippen molar-refractivity contribution in [1.29, 1.82) is 0 Å². The fraction of sp³-hybridized carbons (Fsp3) is 0.417. The number of hydrogen-bond donors (Lipinski definition) is 0. The molecule has 2 aromatic rings. The van der Waals surface area contributed by atoms with Gasteiger partial charge in [0.1, 0.15) is 0 Å². The van der Waals surface area contributed by atoms with Gasteiger partial charge in [-0.05, 0) is 53.1 Å². The van der Waals surface area contributed by atoms with Crippen molar-refractivity contribution in [2.24, 2.45) is 7.05 Å². The lowest BCUT2D eigenvalue weighted by Crippen LogP contribution is -1.93. The van der Waals surface area contributed by atoms with Gasteiger partial charge in [0.25, 0.3) is 0 Å². The lowest BCUT2D eigenvalue weighted by Gasteiger charge is -2.03. The van der Waals surface area contributed by atoms with Crippen LogP contribution in [0.4, 0.5) is 0 Å². The lowest BCUT2D eigenvalue weighted by molar-refractivity contribution is 0.791. The Bertz CT molecular complexity index is 474. The number of benzene rings is 1. The van der Waals surface area contributed by atoms with Gasteiger partial charge in [-0.25, -0.2) is 0 Å². The van der Waals surface area contributed by atoms with Crippen LogP contribution >= 0.6 is 22.6 Å². The summed E-state index contributed by atoms with van der Waals surface area (Å²) in [6, 6.07) is 4.54. The molecule has 0 bridgehead atoms. The number of aromatic nitrogens is 2. The summed E-state index contributed by atoms with van der Waals surface area (Å²) >= 11 is 2.40. The minimum Gasteiger partial charge on any atom is -0.267 e. The van der Waals surface area contributed by atoms with Crippen LogP contribution < -0.4 is 0 Å². The van der Waals surface area contributed by atoms with Gasteiger partial charge >= 0.3 is 0 Å². The number of hydrogen-bond acceptors (Lipinski definition) is 1. The molecule has 0 atom stereocenters. The summed E-state index contributed by atoms with van der Waals surface area (Å²) in [6.07, 6.45) is 5.65. The Balaban J connectivity index is 2.44. The first kappa shape index (κ1) is 10.9. The first-order chi connectivity index (χ1) is 7.22. The van der Waals surface area contributed by atoms with Gasteiger partial charge in [-0.2, -0.15) is 5.10 Å². The number of rotatable bonds is 3. The molecular weight excluding hydrogens is 299 g/mol. The Morgan fingerprint density at radius 2 is 2.20 bits per heavy atom. The van der Waals surface area contributed by atoms with E-state index >= 15 is 0 Å². The van der Waals surface area contributed by atoms with E-state index in [-0.39, 0.29) is 0 Å². The Morgan fingerprint density at radius 1 is 1.40 bits per heavy atom. The molecule has 0 amide bonds. The highest BCUT2D eigenvalue weighted by Crippen LogP contribution is 2.22. The predicted octanol–water partition coefficient (Wildman–Crippen LogP) is 3.52. The van der Waals surface area contributed by atoms with Crippen LogP contribution in [0.5, 0.6) is 0 Å². The molecule has 15 heavy (non-hydrogen) atoms. The minimum absolute atomic E-state index is 1.18. The third kappa shape index (κ3) is 2.17. The number of unbranched alkanes of at least 4 members (excludes halogenated alkanes) is 1. The summed E-state index contributed by atoms with van der Waals surface area (Å²) in [6.45, 7) is 2.23. The molecule has 3 heteroatoms. The summed E-state index contributed by atoms with van der Waals surface area (Å²) in [5, 5.41) is 5.55. The average molecular weight is 314 g/mol. The molecule has 2 rings (SSSR count). The second kappa shape index (κ2) is 4.51. The summed E-state index contributed by atoms with van der Waals surface area (Å²) < 4.78 is 3.25. The standard InChI is InChI=1S/C12H15IN2/c1-3-4-5-9-6-10-8-14-15(2)12(10)11(13)7-9/h6-8H,3-5H2,1-2H3. The molecule has 0 unspecified atom stereocenters. The van der Waals surface area contributed by atoms with Crippen LogP contribution in [0.25, 0.3) is 10.9 Å². The number of fused-ring (bicyclic) bond motifs is 1.